The van der Waals surface area contributed by atoms with Crippen LogP contribution in [0.25, 0.3) is 5.57 Å². The molecule has 0 aliphatic carbocycles. The molecule has 0 saturated carbocycles. The quantitative estimate of drug-likeness (QED) is 0.509. The van der Waals surface area contributed by atoms with Gasteiger partial charge in [0, 0.05) is 54.6 Å². The van der Waals surface area contributed by atoms with Gasteiger partial charge in [0.15, 0.2) is 0 Å². The van der Waals surface area contributed by atoms with Crippen LogP contribution in [0.2, 0.25) is 5.02 Å². The van der Waals surface area contributed by atoms with E-state index in [0.717, 1.165) is 67.3 Å². The number of carbonyl (C=O) groups excluding carboxylic acids is 1. The Balaban J connectivity index is 1.07. The number of fused-ring (bicyclic) bond motifs is 2. The van der Waals surface area contributed by atoms with Crippen molar-refractivity contribution >= 4 is 28.9 Å². The molecule has 0 radical (unpaired) electrons. The number of hydrogen-bond acceptors (Lipinski definition) is 8. The van der Waals surface area contributed by atoms with E-state index in [4.69, 9.17) is 21.3 Å². The lowest BCUT2D eigenvalue weighted by molar-refractivity contribution is -0.0165. The number of allylic oxidation sites excluding steroid dienone is 2. The molecule has 208 valence electrons. The normalized spacial score (nSPS) is 23.1. The zero-order valence-electron chi connectivity index (χ0n) is 22.2. The smallest absolute Gasteiger partial charge is 0.258 e. The van der Waals surface area contributed by atoms with Crippen LogP contribution in [0.1, 0.15) is 42.1 Å². The van der Waals surface area contributed by atoms with Crippen LogP contribution >= 0.6 is 11.6 Å². The van der Waals surface area contributed by atoms with Crippen LogP contribution in [0.15, 0.2) is 65.8 Å². The largest absolute Gasteiger partial charge is 0.492 e. The highest BCUT2D eigenvalue weighted by atomic mass is 35.5. The fourth-order valence-electron chi connectivity index (χ4n) is 6.47. The number of rotatable bonds is 5. The van der Waals surface area contributed by atoms with E-state index < -0.39 is 5.82 Å². The Hall–Kier alpha value is -3.44. The molecule has 1 atom stereocenters. The Morgan fingerprint density at radius 2 is 2.02 bits per heavy atom. The molecule has 0 bridgehead atoms. The van der Waals surface area contributed by atoms with E-state index in [1.54, 1.807) is 6.07 Å². The first-order valence-corrected chi connectivity index (χ1v) is 14.2. The van der Waals surface area contributed by atoms with Crippen LogP contribution in [-0.2, 0) is 4.74 Å². The lowest BCUT2D eigenvalue weighted by Gasteiger charge is -2.56. The van der Waals surface area contributed by atoms with E-state index in [0.29, 0.717) is 13.2 Å². The highest BCUT2D eigenvalue weighted by molar-refractivity contribution is 6.33. The van der Waals surface area contributed by atoms with Crippen molar-refractivity contribution in [2.75, 3.05) is 37.7 Å². The number of hydrazine groups is 2. The van der Waals surface area contributed by atoms with Gasteiger partial charge in [0.25, 0.3) is 5.91 Å². The Bertz CT molecular complexity index is 1430. The summed E-state index contributed by atoms with van der Waals surface area (Å²) in [6, 6.07) is 8.56. The van der Waals surface area contributed by atoms with Crippen LogP contribution in [0, 0.1) is 5.82 Å². The van der Waals surface area contributed by atoms with Gasteiger partial charge in [-0.05, 0) is 56.5 Å². The van der Waals surface area contributed by atoms with Crippen molar-refractivity contribution in [3.05, 3.63) is 87.8 Å². The van der Waals surface area contributed by atoms with Crippen molar-refractivity contribution in [3.63, 3.8) is 0 Å². The monoisotopic (exact) mass is 563 g/mol. The molecule has 5 aliphatic rings. The number of halogens is 2. The molecule has 6 heterocycles. The van der Waals surface area contributed by atoms with Gasteiger partial charge in [-0.1, -0.05) is 17.7 Å². The van der Waals surface area contributed by atoms with Gasteiger partial charge >= 0.3 is 0 Å². The van der Waals surface area contributed by atoms with Crippen molar-refractivity contribution in [3.8, 4) is 0 Å². The maximum absolute atomic E-state index is 14.4. The van der Waals surface area contributed by atoms with E-state index in [1.807, 2.05) is 29.2 Å². The predicted molar refractivity (Wildman–Crippen MR) is 150 cm³/mol. The Morgan fingerprint density at radius 1 is 1.20 bits per heavy atom. The van der Waals surface area contributed by atoms with Crippen LogP contribution in [0.4, 0.5) is 10.2 Å². The lowest BCUT2D eigenvalue weighted by Crippen LogP contribution is -2.66. The molecule has 40 heavy (non-hydrogen) atoms. The number of aromatic nitrogens is 1. The summed E-state index contributed by atoms with van der Waals surface area (Å²) < 4.78 is 20.3. The maximum atomic E-state index is 14.4. The van der Waals surface area contributed by atoms with Gasteiger partial charge < -0.3 is 14.5 Å². The zero-order chi connectivity index (χ0) is 27.4. The highest BCUT2D eigenvalue weighted by Gasteiger charge is 2.49. The molecule has 1 aromatic heterocycles. The standard InChI is InChI=1S/C29H31ClFN7O2/c1-2-40-19-14-20(26-21-16-33-34-27(21)35-38(26)17-19)18-6-7-24(32-15-18)36-11-8-29(9-12-36)10-13-37(29)28(39)25-22(30)4-3-5-23(25)31/h3-7,14-15,17,27,33-35H,2,8-13,16H2,1H3. The number of amides is 1. The first-order valence-electron chi connectivity index (χ1n) is 13.8. The van der Waals surface area contributed by atoms with Gasteiger partial charge in [0.2, 0.25) is 0 Å². The Morgan fingerprint density at radius 3 is 2.73 bits per heavy atom. The van der Waals surface area contributed by atoms with Gasteiger partial charge in [-0.25, -0.2) is 20.2 Å². The number of nitrogens with zero attached hydrogens (tertiary/aromatic N) is 4. The number of ether oxygens (including phenoxy) is 1. The minimum Gasteiger partial charge on any atom is -0.492 e. The second-order valence-corrected chi connectivity index (χ2v) is 11.2. The molecule has 3 N–H and O–H groups in total. The maximum Gasteiger partial charge on any atom is 0.258 e. The summed E-state index contributed by atoms with van der Waals surface area (Å²) in [6.45, 7) is 5.48. The molecular weight excluding hydrogens is 533 g/mol. The van der Waals surface area contributed by atoms with E-state index in [2.05, 4.69) is 39.4 Å². The first-order chi connectivity index (χ1) is 19.5. The third-order valence-electron chi connectivity index (χ3n) is 8.67. The molecule has 3 saturated heterocycles. The van der Waals surface area contributed by atoms with Crippen LogP contribution < -0.4 is 21.2 Å². The number of likely N-dealkylation sites (tertiary alicyclic amines) is 1. The minimum absolute atomic E-state index is 0.0233. The molecule has 2 aromatic rings. The lowest BCUT2D eigenvalue weighted by atomic mass is 9.76. The molecule has 5 aliphatic heterocycles. The van der Waals surface area contributed by atoms with Crippen molar-refractivity contribution in [1.29, 1.82) is 0 Å². The minimum atomic E-state index is -0.567. The zero-order valence-corrected chi connectivity index (χ0v) is 23.0. The van der Waals surface area contributed by atoms with Gasteiger partial charge in [-0.3, -0.25) is 15.2 Å². The van der Waals surface area contributed by atoms with Crippen LogP contribution in [-0.4, -0.2) is 65.3 Å². The molecule has 1 spiro atoms. The van der Waals surface area contributed by atoms with Crippen molar-refractivity contribution in [2.45, 2.75) is 37.9 Å². The number of nitrogens with one attached hydrogen (secondary N) is 3. The summed E-state index contributed by atoms with van der Waals surface area (Å²) in [6.07, 6.45) is 8.55. The first kappa shape index (κ1) is 25.5. The summed E-state index contributed by atoms with van der Waals surface area (Å²) in [5.74, 6) is 0.824. The number of benzene rings is 1. The summed E-state index contributed by atoms with van der Waals surface area (Å²) in [5.41, 5.74) is 14.1. The van der Waals surface area contributed by atoms with Gasteiger partial charge in [0.05, 0.1) is 29.1 Å². The second kappa shape index (κ2) is 9.88. The van der Waals surface area contributed by atoms with Gasteiger partial charge in [-0.15, -0.1) is 0 Å². The molecule has 1 unspecified atom stereocenters. The second-order valence-electron chi connectivity index (χ2n) is 10.7. The van der Waals surface area contributed by atoms with Crippen LogP contribution in [0.5, 0.6) is 0 Å². The fraction of sp³-hybridized carbons (Fsp3) is 0.379. The molecular formula is C29H31ClFN7O2. The number of anilines is 1. The number of hydrogen-bond donors (Lipinski definition) is 3. The third-order valence-corrected chi connectivity index (χ3v) is 8.98. The highest BCUT2D eigenvalue weighted by Crippen LogP contribution is 2.43. The van der Waals surface area contributed by atoms with Crippen LogP contribution in [0.3, 0.4) is 0 Å². The van der Waals surface area contributed by atoms with Gasteiger partial charge in [0.1, 0.15) is 23.6 Å². The molecule has 3 fully saturated rings. The number of piperidine rings is 1. The average Bonchev–Trinajstić information content (AvgIpc) is 3.54. The number of carbonyl (C=O) groups is 1. The fourth-order valence-corrected chi connectivity index (χ4v) is 6.71. The summed E-state index contributed by atoms with van der Waals surface area (Å²) >= 11 is 6.20. The topological polar surface area (TPSA) is 85.0 Å². The third kappa shape index (κ3) is 4.09. The van der Waals surface area contributed by atoms with E-state index in [1.165, 1.54) is 17.7 Å². The number of pyridine rings is 1. The van der Waals surface area contributed by atoms with Crippen molar-refractivity contribution < 1.29 is 13.9 Å². The Labute approximate surface area is 237 Å². The molecule has 1 aromatic carbocycles. The molecule has 11 heteroatoms. The average molecular weight is 564 g/mol. The van der Waals surface area contributed by atoms with Crippen molar-refractivity contribution in [1.82, 2.24) is 31.2 Å². The van der Waals surface area contributed by atoms with E-state index in [-0.39, 0.29) is 28.2 Å². The van der Waals surface area contributed by atoms with Gasteiger partial charge in [-0.2, -0.15) is 0 Å². The van der Waals surface area contributed by atoms with E-state index in [9.17, 15) is 9.18 Å². The predicted octanol–water partition coefficient (Wildman–Crippen LogP) is 3.54. The van der Waals surface area contributed by atoms with Crippen molar-refractivity contribution in [2.24, 2.45) is 0 Å². The van der Waals surface area contributed by atoms with E-state index >= 15 is 0 Å². The molecule has 9 nitrogen and oxygen atoms in total. The molecule has 7 rings (SSSR count). The summed E-state index contributed by atoms with van der Waals surface area (Å²) in [7, 11) is 0. The SMILES string of the molecule is CCOC1=CN2NC3NNCC3=C2C(c2ccc(N3CCC4(CC3)CCN4C(=O)c3c(F)cccc3Cl)nc2)=C1. The molecule has 1 amide bonds. The summed E-state index contributed by atoms with van der Waals surface area (Å²) in [5, 5.41) is 2.20. The Kier molecular flexibility index (Phi) is 6.31. The summed E-state index contributed by atoms with van der Waals surface area (Å²) in [4.78, 5) is 22.2.